The molecule has 1 aliphatic heterocycles. The predicted octanol–water partition coefficient (Wildman–Crippen LogP) is 9.24. The van der Waals surface area contributed by atoms with E-state index in [2.05, 4.69) is 15.9 Å². The van der Waals surface area contributed by atoms with Crippen LogP contribution in [0.25, 0.3) is 6.08 Å². The van der Waals surface area contributed by atoms with Crippen LogP contribution in [0.5, 0.6) is 11.5 Å². The van der Waals surface area contributed by atoms with Crippen LogP contribution in [0.3, 0.4) is 0 Å². The minimum Gasteiger partial charge on any atom is -0.490 e. The fraction of sp³-hybridized carbons (Fsp3) is 0.0938. The van der Waals surface area contributed by atoms with Crippen LogP contribution < -0.4 is 14.4 Å². The second-order valence-corrected chi connectivity index (χ2v) is 11.9. The van der Waals surface area contributed by atoms with Gasteiger partial charge in [0.15, 0.2) is 16.7 Å². The molecule has 218 valence electrons. The Hall–Kier alpha value is -3.76. The van der Waals surface area contributed by atoms with Crippen molar-refractivity contribution in [3.63, 3.8) is 0 Å². The van der Waals surface area contributed by atoms with E-state index in [9.17, 15) is 9.59 Å². The fourth-order valence-corrected chi connectivity index (χ4v) is 5.94. The number of thioether (sulfide) groups is 1. The molecule has 1 aliphatic rings. The largest absolute Gasteiger partial charge is 0.490 e. The summed E-state index contributed by atoms with van der Waals surface area (Å²) >= 11 is 17.0. The number of rotatable bonds is 9. The van der Waals surface area contributed by atoms with Crippen molar-refractivity contribution in [1.29, 1.82) is 0 Å². The van der Waals surface area contributed by atoms with Crippen molar-refractivity contribution in [2.75, 3.05) is 11.5 Å². The molecule has 43 heavy (non-hydrogen) atoms. The lowest BCUT2D eigenvalue weighted by Gasteiger charge is -2.16. The lowest BCUT2D eigenvalue weighted by atomic mass is 10.1. The SMILES string of the molecule is CCOc1cc(/C=C2\SC(=Nc3ccc(Cl)cc3)N(c3ccc(Cl)cc3)C2=O)cc(Br)c1OCc1ccc(C(=O)O)cc1. The molecule has 5 rings (SSSR count). The Bertz CT molecular complexity index is 1730. The molecule has 0 spiro atoms. The summed E-state index contributed by atoms with van der Waals surface area (Å²) in [7, 11) is 0. The first kappa shape index (κ1) is 30.7. The summed E-state index contributed by atoms with van der Waals surface area (Å²) in [5.74, 6) is -0.244. The molecule has 4 aromatic carbocycles. The first-order chi connectivity index (χ1) is 20.7. The summed E-state index contributed by atoms with van der Waals surface area (Å²) in [4.78, 5) is 31.6. The van der Waals surface area contributed by atoms with Crippen LogP contribution in [-0.4, -0.2) is 28.8 Å². The van der Waals surface area contributed by atoms with Gasteiger partial charge in [-0.2, -0.15) is 0 Å². The number of carboxylic acids is 1. The van der Waals surface area contributed by atoms with Gasteiger partial charge in [0, 0.05) is 10.0 Å². The van der Waals surface area contributed by atoms with Gasteiger partial charge in [-0.3, -0.25) is 9.69 Å². The third kappa shape index (κ3) is 7.43. The zero-order chi connectivity index (χ0) is 30.5. The zero-order valence-corrected chi connectivity index (χ0v) is 26.5. The molecule has 1 fully saturated rings. The van der Waals surface area contributed by atoms with Gasteiger partial charge < -0.3 is 14.6 Å². The van der Waals surface area contributed by atoms with Crippen LogP contribution >= 0.6 is 50.9 Å². The van der Waals surface area contributed by atoms with Gasteiger partial charge in [-0.25, -0.2) is 9.79 Å². The highest BCUT2D eigenvalue weighted by molar-refractivity contribution is 9.10. The van der Waals surface area contributed by atoms with Gasteiger partial charge in [0.25, 0.3) is 5.91 Å². The highest BCUT2D eigenvalue weighted by Gasteiger charge is 2.35. The Morgan fingerprint density at radius 1 is 0.977 bits per heavy atom. The Morgan fingerprint density at radius 3 is 2.26 bits per heavy atom. The highest BCUT2D eigenvalue weighted by atomic mass is 79.9. The van der Waals surface area contributed by atoms with Crippen LogP contribution in [0, 0.1) is 0 Å². The Labute approximate surface area is 270 Å². The number of carbonyl (C=O) groups is 2. The van der Waals surface area contributed by atoms with Crippen LogP contribution in [0.15, 0.2) is 99.3 Å². The average molecular weight is 698 g/mol. The van der Waals surface area contributed by atoms with E-state index < -0.39 is 5.97 Å². The number of nitrogens with zero attached hydrogens (tertiary/aromatic N) is 2. The van der Waals surface area contributed by atoms with E-state index in [1.54, 1.807) is 77.7 Å². The number of halogens is 3. The van der Waals surface area contributed by atoms with Crippen molar-refractivity contribution in [1.82, 2.24) is 0 Å². The number of aliphatic imine (C=N–C) groups is 1. The first-order valence-electron chi connectivity index (χ1n) is 13.0. The molecule has 1 heterocycles. The van der Waals surface area contributed by atoms with E-state index in [1.165, 1.54) is 23.9 Å². The number of hydrogen-bond donors (Lipinski definition) is 1. The van der Waals surface area contributed by atoms with E-state index in [0.29, 0.717) is 59.6 Å². The van der Waals surface area contributed by atoms with Gasteiger partial charge in [0.05, 0.1) is 32.9 Å². The minimum atomic E-state index is -0.989. The number of amidine groups is 1. The number of hydrogen-bond acceptors (Lipinski definition) is 6. The molecular weight excluding hydrogens is 675 g/mol. The van der Waals surface area contributed by atoms with Gasteiger partial charge in [0.2, 0.25) is 0 Å². The topological polar surface area (TPSA) is 88.4 Å². The quantitative estimate of drug-likeness (QED) is 0.176. The third-order valence-electron chi connectivity index (χ3n) is 6.16. The van der Waals surface area contributed by atoms with Crippen LogP contribution in [-0.2, 0) is 11.4 Å². The van der Waals surface area contributed by atoms with Crippen LogP contribution in [0.1, 0.15) is 28.4 Å². The second-order valence-electron chi connectivity index (χ2n) is 9.15. The van der Waals surface area contributed by atoms with Crippen LogP contribution in [0.4, 0.5) is 11.4 Å². The van der Waals surface area contributed by atoms with E-state index in [1.807, 2.05) is 13.0 Å². The lowest BCUT2D eigenvalue weighted by molar-refractivity contribution is -0.113. The van der Waals surface area contributed by atoms with E-state index >= 15 is 0 Å². The molecule has 4 aromatic rings. The second kappa shape index (κ2) is 13.7. The van der Waals surface area contributed by atoms with Gasteiger partial charge >= 0.3 is 5.97 Å². The number of aromatic carboxylic acids is 1. The summed E-state index contributed by atoms with van der Waals surface area (Å²) in [6.45, 7) is 2.47. The van der Waals surface area contributed by atoms with Crippen molar-refractivity contribution in [3.8, 4) is 11.5 Å². The summed E-state index contributed by atoms with van der Waals surface area (Å²) in [5.41, 5.74) is 3.00. The molecule has 0 atom stereocenters. The number of benzene rings is 4. The Balaban J connectivity index is 1.45. The molecule has 1 saturated heterocycles. The molecule has 1 amide bonds. The summed E-state index contributed by atoms with van der Waals surface area (Å²) in [6.07, 6.45) is 1.78. The molecule has 0 aromatic heterocycles. The molecule has 0 bridgehead atoms. The number of ether oxygens (including phenoxy) is 2. The maximum Gasteiger partial charge on any atom is 0.335 e. The molecular formula is C32H23BrCl2N2O5S. The molecule has 0 radical (unpaired) electrons. The molecule has 0 aliphatic carbocycles. The average Bonchev–Trinajstić information content (AvgIpc) is 3.28. The third-order valence-corrected chi connectivity index (χ3v) is 8.22. The zero-order valence-electron chi connectivity index (χ0n) is 22.6. The molecule has 11 heteroatoms. The molecule has 0 saturated carbocycles. The Morgan fingerprint density at radius 2 is 1.63 bits per heavy atom. The van der Waals surface area contributed by atoms with Gasteiger partial charge in [-0.1, -0.05) is 35.3 Å². The minimum absolute atomic E-state index is 0.202. The van der Waals surface area contributed by atoms with E-state index in [-0.39, 0.29) is 18.1 Å². The van der Waals surface area contributed by atoms with Crippen LogP contribution in [0.2, 0.25) is 10.0 Å². The molecule has 0 unspecified atom stereocenters. The number of anilines is 1. The van der Waals surface area contributed by atoms with Crippen molar-refractivity contribution in [3.05, 3.63) is 121 Å². The maximum atomic E-state index is 13.7. The number of carbonyl (C=O) groups excluding carboxylic acids is 1. The fourth-order valence-electron chi connectivity index (χ4n) is 4.12. The molecule has 7 nitrogen and oxygen atoms in total. The normalized spacial score (nSPS) is 14.9. The van der Waals surface area contributed by atoms with Gasteiger partial charge in [0.1, 0.15) is 6.61 Å². The number of carboxylic acid groups (broad SMARTS) is 1. The standard InChI is InChI=1S/C32H23BrCl2N2O5S/c1-2-41-27-16-20(15-26(33)29(27)42-18-19-3-5-21(6-4-19)31(39)40)17-28-30(38)37(25-13-9-23(35)10-14-25)32(43-28)36-24-11-7-22(34)8-12-24/h3-17H,2,18H2,1H3,(H,39,40)/b28-17-,36-32?. The van der Waals surface area contributed by atoms with Crippen molar-refractivity contribution < 1.29 is 24.2 Å². The Kier molecular flexibility index (Phi) is 9.77. The lowest BCUT2D eigenvalue weighted by Crippen LogP contribution is -2.28. The first-order valence-corrected chi connectivity index (χ1v) is 15.3. The van der Waals surface area contributed by atoms with Crippen molar-refractivity contribution in [2.45, 2.75) is 13.5 Å². The van der Waals surface area contributed by atoms with E-state index in [4.69, 9.17) is 42.8 Å². The van der Waals surface area contributed by atoms with Crippen molar-refractivity contribution >= 4 is 85.4 Å². The van der Waals surface area contributed by atoms with Crippen molar-refractivity contribution in [2.24, 2.45) is 4.99 Å². The summed E-state index contributed by atoms with van der Waals surface area (Å²) in [6, 6.07) is 24.2. The maximum absolute atomic E-state index is 13.7. The number of amides is 1. The monoisotopic (exact) mass is 696 g/mol. The van der Waals surface area contributed by atoms with Gasteiger partial charge in [-0.05, 0) is 125 Å². The predicted molar refractivity (Wildman–Crippen MR) is 176 cm³/mol. The van der Waals surface area contributed by atoms with Gasteiger partial charge in [-0.15, -0.1) is 0 Å². The molecule has 1 N–H and O–H groups in total. The van der Waals surface area contributed by atoms with E-state index in [0.717, 1.165) is 5.56 Å². The smallest absolute Gasteiger partial charge is 0.335 e. The summed E-state index contributed by atoms with van der Waals surface area (Å²) < 4.78 is 12.6. The highest BCUT2D eigenvalue weighted by Crippen LogP contribution is 2.41. The summed E-state index contributed by atoms with van der Waals surface area (Å²) in [5, 5.41) is 10.8.